The molecule has 0 atom stereocenters. The quantitative estimate of drug-likeness (QED) is 0.507. The van der Waals surface area contributed by atoms with Gasteiger partial charge in [-0.2, -0.15) is 10.1 Å². The average molecular weight is 424 g/mol. The third kappa shape index (κ3) is 5.07. The highest BCUT2D eigenvalue weighted by Gasteiger charge is 2.16. The van der Waals surface area contributed by atoms with Crippen molar-refractivity contribution in [1.29, 1.82) is 0 Å². The summed E-state index contributed by atoms with van der Waals surface area (Å²) in [6, 6.07) is 6.51. The first-order valence-corrected chi connectivity index (χ1v) is 11.3. The SMILES string of the molecule is CCCCNc1nc(N)nc2cnn(Cc3ccc(CN4CCCCC4)cc3OC)c12. The molecule has 8 nitrogen and oxygen atoms in total. The summed E-state index contributed by atoms with van der Waals surface area (Å²) in [5, 5.41) is 7.96. The lowest BCUT2D eigenvalue weighted by atomic mass is 10.1. The Labute approximate surface area is 183 Å². The van der Waals surface area contributed by atoms with Crippen LogP contribution in [0.4, 0.5) is 11.8 Å². The zero-order chi connectivity index (χ0) is 21.6. The van der Waals surface area contributed by atoms with E-state index in [1.165, 1.54) is 37.9 Å². The standard InChI is InChI=1S/C23H33N7O/c1-3-4-10-25-22-21-19(27-23(24)28-22)14-26-30(21)16-18-9-8-17(13-20(18)31-2)15-29-11-6-5-7-12-29/h8-9,13-14H,3-7,10-12,15-16H2,1-2H3,(H3,24,25,27,28). The van der Waals surface area contributed by atoms with Gasteiger partial charge in [-0.05, 0) is 44.0 Å². The molecule has 0 radical (unpaired) electrons. The Morgan fingerprint density at radius 2 is 1.97 bits per heavy atom. The molecule has 1 aliphatic heterocycles. The van der Waals surface area contributed by atoms with Crippen molar-refractivity contribution in [3.8, 4) is 5.75 Å². The average Bonchev–Trinajstić information content (AvgIpc) is 3.18. The van der Waals surface area contributed by atoms with Gasteiger partial charge >= 0.3 is 0 Å². The third-order valence-electron chi connectivity index (χ3n) is 5.86. The van der Waals surface area contributed by atoms with E-state index < -0.39 is 0 Å². The molecule has 0 aliphatic carbocycles. The molecule has 0 unspecified atom stereocenters. The zero-order valence-corrected chi connectivity index (χ0v) is 18.6. The number of aromatic nitrogens is 4. The van der Waals surface area contributed by atoms with Gasteiger partial charge in [0.15, 0.2) is 5.82 Å². The predicted molar refractivity (Wildman–Crippen MR) is 124 cm³/mol. The number of nitrogen functional groups attached to an aromatic ring is 1. The van der Waals surface area contributed by atoms with E-state index in [1.54, 1.807) is 13.3 Å². The number of benzene rings is 1. The first-order chi connectivity index (χ1) is 15.2. The molecule has 3 heterocycles. The van der Waals surface area contributed by atoms with Gasteiger partial charge in [0.05, 0.1) is 19.9 Å². The molecule has 0 bridgehead atoms. The van der Waals surface area contributed by atoms with Crippen molar-refractivity contribution >= 4 is 22.8 Å². The second-order valence-corrected chi connectivity index (χ2v) is 8.23. The molecule has 8 heteroatoms. The number of methoxy groups -OCH3 is 1. The van der Waals surface area contributed by atoms with Gasteiger partial charge in [0.2, 0.25) is 5.95 Å². The Bertz CT molecular complexity index is 1010. The summed E-state index contributed by atoms with van der Waals surface area (Å²) < 4.78 is 7.66. The highest BCUT2D eigenvalue weighted by molar-refractivity contribution is 5.86. The maximum Gasteiger partial charge on any atom is 0.222 e. The van der Waals surface area contributed by atoms with Crippen LogP contribution in [0.2, 0.25) is 0 Å². The molecule has 3 N–H and O–H groups in total. The number of ether oxygens (including phenoxy) is 1. The Balaban J connectivity index is 1.58. The van der Waals surface area contributed by atoms with Crippen LogP contribution in [0.15, 0.2) is 24.4 Å². The van der Waals surface area contributed by atoms with E-state index in [0.29, 0.717) is 6.54 Å². The highest BCUT2D eigenvalue weighted by Crippen LogP contribution is 2.26. The van der Waals surface area contributed by atoms with Crippen LogP contribution in [0.5, 0.6) is 5.75 Å². The van der Waals surface area contributed by atoms with Crippen LogP contribution in [-0.4, -0.2) is 51.4 Å². The predicted octanol–water partition coefficient (Wildman–Crippen LogP) is 3.66. The van der Waals surface area contributed by atoms with Gasteiger partial charge in [0.1, 0.15) is 16.8 Å². The zero-order valence-electron chi connectivity index (χ0n) is 18.6. The summed E-state index contributed by atoms with van der Waals surface area (Å²) >= 11 is 0. The van der Waals surface area contributed by atoms with Crippen LogP contribution in [0.3, 0.4) is 0 Å². The molecule has 0 saturated carbocycles. The first kappa shape index (κ1) is 21.4. The topological polar surface area (TPSA) is 94.1 Å². The summed E-state index contributed by atoms with van der Waals surface area (Å²) in [5.74, 6) is 1.87. The van der Waals surface area contributed by atoms with Crippen molar-refractivity contribution in [2.75, 3.05) is 37.8 Å². The minimum absolute atomic E-state index is 0.255. The molecule has 1 aromatic carbocycles. The number of nitrogens with two attached hydrogens (primary N) is 1. The first-order valence-electron chi connectivity index (χ1n) is 11.3. The van der Waals surface area contributed by atoms with Crippen molar-refractivity contribution in [1.82, 2.24) is 24.6 Å². The van der Waals surface area contributed by atoms with Crippen LogP contribution >= 0.6 is 0 Å². The monoisotopic (exact) mass is 423 g/mol. The Hall–Kier alpha value is -2.87. The molecule has 1 aliphatic rings. The summed E-state index contributed by atoms with van der Waals surface area (Å²) in [5.41, 5.74) is 9.87. The molecule has 0 amide bonds. The number of anilines is 2. The molecule has 3 aromatic rings. The molecule has 166 valence electrons. The van der Waals surface area contributed by atoms with E-state index in [1.807, 2.05) is 4.68 Å². The van der Waals surface area contributed by atoms with E-state index in [0.717, 1.165) is 54.1 Å². The van der Waals surface area contributed by atoms with Gasteiger partial charge in [-0.3, -0.25) is 9.58 Å². The van der Waals surface area contributed by atoms with Crippen LogP contribution in [0.25, 0.3) is 11.0 Å². The Morgan fingerprint density at radius 3 is 2.74 bits per heavy atom. The van der Waals surface area contributed by atoms with Crippen molar-refractivity contribution in [2.45, 2.75) is 52.1 Å². The van der Waals surface area contributed by atoms with Gasteiger partial charge in [0, 0.05) is 18.7 Å². The van der Waals surface area contributed by atoms with Crippen LogP contribution in [0, 0.1) is 0 Å². The van der Waals surface area contributed by atoms with Gasteiger partial charge < -0.3 is 15.8 Å². The largest absolute Gasteiger partial charge is 0.496 e. The lowest BCUT2D eigenvalue weighted by molar-refractivity contribution is 0.220. The number of hydrogen-bond donors (Lipinski definition) is 2. The van der Waals surface area contributed by atoms with Crippen molar-refractivity contribution in [2.24, 2.45) is 0 Å². The second kappa shape index (κ2) is 9.96. The van der Waals surface area contributed by atoms with E-state index in [-0.39, 0.29) is 5.95 Å². The van der Waals surface area contributed by atoms with Gasteiger partial charge in [0.25, 0.3) is 0 Å². The minimum atomic E-state index is 0.255. The fraction of sp³-hybridized carbons (Fsp3) is 0.522. The lowest BCUT2D eigenvalue weighted by Gasteiger charge is -2.26. The highest BCUT2D eigenvalue weighted by atomic mass is 16.5. The molecule has 4 rings (SSSR count). The normalized spacial score (nSPS) is 14.8. The van der Waals surface area contributed by atoms with Gasteiger partial charge in [-0.1, -0.05) is 31.9 Å². The molecule has 1 saturated heterocycles. The molecule has 1 fully saturated rings. The van der Waals surface area contributed by atoms with E-state index in [2.05, 4.69) is 50.4 Å². The number of hydrogen-bond acceptors (Lipinski definition) is 7. The molecular formula is C23H33N7O. The summed E-state index contributed by atoms with van der Waals surface area (Å²) in [6.45, 7) is 6.91. The van der Waals surface area contributed by atoms with Gasteiger partial charge in [-0.15, -0.1) is 0 Å². The number of piperidine rings is 1. The van der Waals surface area contributed by atoms with Crippen LogP contribution in [-0.2, 0) is 13.1 Å². The number of nitrogens with one attached hydrogen (secondary N) is 1. The fourth-order valence-corrected chi connectivity index (χ4v) is 4.20. The summed E-state index contributed by atoms with van der Waals surface area (Å²) in [7, 11) is 1.73. The molecule has 0 spiro atoms. The third-order valence-corrected chi connectivity index (χ3v) is 5.86. The lowest BCUT2D eigenvalue weighted by Crippen LogP contribution is -2.29. The Morgan fingerprint density at radius 1 is 1.13 bits per heavy atom. The maximum atomic E-state index is 5.91. The smallest absolute Gasteiger partial charge is 0.222 e. The molecular weight excluding hydrogens is 390 g/mol. The molecule has 2 aromatic heterocycles. The summed E-state index contributed by atoms with van der Waals surface area (Å²) in [6.07, 6.45) is 7.85. The van der Waals surface area contributed by atoms with E-state index in [9.17, 15) is 0 Å². The fourth-order valence-electron chi connectivity index (χ4n) is 4.20. The van der Waals surface area contributed by atoms with Crippen LogP contribution < -0.4 is 15.8 Å². The minimum Gasteiger partial charge on any atom is -0.496 e. The van der Waals surface area contributed by atoms with E-state index in [4.69, 9.17) is 10.5 Å². The van der Waals surface area contributed by atoms with Crippen LogP contribution in [0.1, 0.15) is 50.2 Å². The second-order valence-electron chi connectivity index (χ2n) is 8.23. The number of rotatable bonds is 9. The number of unbranched alkanes of at least 4 members (excludes halogenated alkanes) is 1. The molecule has 31 heavy (non-hydrogen) atoms. The van der Waals surface area contributed by atoms with Crippen molar-refractivity contribution < 1.29 is 4.74 Å². The number of nitrogens with zero attached hydrogens (tertiary/aromatic N) is 5. The van der Waals surface area contributed by atoms with Gasteiger partial charge in [-0.25, -0.2) is 4.98 Å². The number of likely N-dealkylation sites (tertiary alicyclic amines) is 1. The maximum absolute atomic E-state index is 5.91. The summed E-state index contributed by atoms with van der Waals surface area (Å²) in [4.78, 5) is 11.3. The van der Waals surface area contributed by atoms with Crippen molar-refractivity contribution in [3.05, 3.63) is 35.5 Å². The van der Waals surface area contributed by atoms with E-state index >= 15 is 0 Å². The Kier molecular flexibility index (Phi) is 6.86. The number of fused-ring (bicyclic) bond motifs is 1. The van der Waals surface area contributed by atoms with Crippen molar-refractivity contribution in [3.63, 3.8) is 0 Å².